The van der Waals surface area contributed by atoms with Gasteiger partial charge in [-0.3, -0.25) is 14.2 Å². The lowest BCUT2D eigenvalue weighted by molar-refractivity contribution is -0.141. The van der Waals surface area contributed by atoms with Crippen LogP contribution >= 0.6 is 23.2 Å². The van der Waals surface area contributed by atoms with Crippen molar-refractivity contribution in [2.75, 3.05) is 7.05 Å². The third-order valence-electron chi connectivity index (χ3n) is 7.37. The second-order valence-electron chi connectivity index (χ2n) is 12.8. The molecular formula is C35H40Cl2N4O7. The van der Waals surface area contributed by atoms with E-state index in [2.05, 4.69) is 5.32 Å². The molecule has 0 radical (unpaired) electrons. The quantitative estimate of drug-likeness (QED) is 0.211. The second kappa shape index (κ2) is 14.9. The first-order valence-electron chi connectivity index (χ1n) is 15.3. The minimum atomic E-state index is -1.37. The predicted octanol–water partition coefficient (Wildman–Crippen LogP) is 5.45. The maximum atomic E-state index is 13.8. The standard InChI is InChI=1S/C35H40Cl2N4O7/c1-20(2)47-32(44)27(38-30(42)29-25(36)9-8-10-26(29)37)18-21-11-14-23(15-12-21)41-31(43)24-17-22(13-16-28(24)40(7)33(41)45)19-39(6)34(46)48-35(3,4)5/h8-17,20,27,32,44H,18-19H2,1-7H3,(H,38,42)/t27-,32?/m0/s1. The number of carbonyl (C=O) groups excluding carboxylic acids is 2. The number of carbonyl (C=O) groups is 2. The van der Waals surface area contributed by atoms with Crippen LogP contribution in [-0.4, -0.2) is 62.2 Å². The molecule has 1 heterocycles. The Morgan fingerprint density at radius 2 is 1.58 bits per heavy atom. The number of amides is 2. The van der Waals surface area contributed by atoms with Crippen molar-refractivity contribution >= 4 is 46.1 Å². The van der Waals surface area contributed by atoms with Gasteiger partial charge in [-0.15, -0.1) is 0 Å². The Morgan fingerprint density at radius 1 is 0.979 bits per heavy atom. The Morgan fingerprint density at radius 3 is 2.17 bits per heavy atom. The fourth-order valence-electron chi connectivity index (χ4n) is 5.10. The van der Waals surface area contributed by atoms with E-state index < -0.39 is 41.2 Å². The summed E-state index contributed by atoms with van der Waals surface area (Å²) in [5.74, 6) is -0.582. The molecule has 0 spiro atoms. The van der Waals surface area contributed by atoms with E-state index in [1.807, 2.05) is 0 Å². The van der Waals surface area contributed by atoms with E-state index in [0.29, 0.717) is 27.7 Å². The molecule has 13 heteroatoms. The van der Waals surface area contributed by atoms with Gasteiger partial charge in [0.25, 0.3) is 11.5 Å². The van der Waals surface area contributed by atoms with Gasteiger partial charge >= 0.3 is 11.8 Å². The first kappa shape index (κ1) is 36.7. The topological polar surface area (TPSA) is 132 Å². The zero-order chi connectivity index (χ0) is 35.5. The van der Waals surface area contributed by atoms with Crippen molar-refractivity contribution in [1.82, 2.24) is 19.4 Å². The summed E-state index contributed by atoms with van der Waals surface area (Å²) in [6.07, 6.45) is -2.06. The zero-order valence-electron chi connectivity index (χ0n) is 27.9. The molecule has 3 aromatic carbocycles. The fraction of sp³-hybridized carbons (Fsp3) is 0.371. The molecule has 0 saturated carbocycles. The summed E-state index contributed by atoms with van der Waals surface area (Å²) in [5, 5.41) is 14.2. The van der Waals surface area contributed by atoms with Gasteiger partial charge in [0.05, 0.1) is 44.3 Å². The Balaban J connectivity index is 1.63. The number of aryl methyl sites for hydroxylation is 1. The molecule has 0 aliphatic heterocycles. The van der Waals surface area contributed by atoms with E-state index in [9.17, 15) is 24.3 Å². The monoisotopic (exact) mass is 698 g/mol. The average Bonchev–Trinajstić information content (AvgIpc) is 2.99. The Hall–Kier alpha value is -4.16. The highest BCUT2D eigenvalue weighted by atomic mass is 35.5. The van der Waals surface area contributed by atoms with Crippen molar-refractivity contribution in [1.29, 1.82) is 0 Å². The van der Waals surface area contributed by atoms with E-state index in [1.165, 1.54) is 9.47 Å². The highest BCUT2D eigenvalue weighted by molar-refractivity contribution is 6.39. The molecule has 0 aliphatic carbocycles. The van der Waals surface area contributed by atoms with Gasteiger partial charge in [0.15, 0.2) is 6.29 Å². The number of nitrogens with zero attached hydrogens (tertiary/aromatic N) is 3. The Kier molecular flexibility index (Phi) is 11.4. The van der Waals surface area contributed by atoms with E-state index in [0.717, 1.165) is 4.57 Å². The van der Waals surface area contributed by atoms with Crippen LogP contribution in [0.2, 0.25) is 10.0 Å². The molecule has 1 unspecified atom stereocenters. The highest BCUT2D eigenvalue weighted by Gasteiger charge is 2.26. The number of nitrogens with one attached hydrogen (secondary N) is 1. The fourth-order valence-corrected chi connectivity index (χ4v) is 5.67. The number of rotatable bonds is 10. The summed E-state index contributed by atoms with van der Waals surface area (Å²) < 4.78 is 13.5. The molecule has 4 aromatic rings. The molecule has 0 aliphatic rings. The average molecular weight is 700 g/mol. The summed E-state index contributed by atoms with van der Waals surface area (Å²) in [6.45, 7) is 9.05. The zero-order valence-corrected chi connectivity index (χ0v) is 29.4. The summed E-state index contributed by atoms with van der Waals surface area (Å²) in [6, 6.07) is 15.5. The molecule has 0 bridgehead atoms. The van der Waals surface area contributed by atoms with Crippen LogP contribution in [0.25, 0.3) is 16.6 Å². The summed E-state index contributed by atoms with van der Waals surface area (Å²) in [7, 11) is 3.19. The second-order valence-corrected chi connectivity index (χ2v) is 13.6. The van der Waals surface area contributed by atoms with Gasteiger partial charge < -0.3 is 24.8 Å². The number of fused-ring (bicyclic) bond motifs is 1. The summed E-state index contributed by atoms with van der Waals surface area (Å²) >= 11 is 12.5. The van der Waals surface area contributed by atoms with Crippen molar-refractivity contribution in [3.05, 3.63) is 108 Å². The van der Waals surface area contributed by atoms with E-state index in [-0.39, 0.29) is 34.7 Å². The molecule has 2 atom stereocenters. The van der Waals surface area contributed by atoms with Crippen molar-refractivity contribution < 1.29 is 24.2 Å². The number of aliphatic hydroxyl groups excluding tert-OH is 1. The van der Waals surface area contributed by atoms with Gasteiger partial charge in [-0.05, 0) is 88.6 Å². The van der Waals surface area contributed by atoms with E-state index in [4.69, 9.17) is 32.7 Å². The number of aliphatic hydroxyl groups is 1. The predicted molar refractivity (Wildman–Crippen MR) is 186 cm³/mol. The number of aromatic nitrogens is 2. The first-order chi connectivity index (χ1) is 22.5. The van der Waals surface area contributed by atoms with Crippen molar-refractivity contribution in [3.8, 4) is 5.69 Å². The van der Waals surface area contributed by atoms with Crippen molar-refractivity contribution in [3.63, 3.8) is 0 Å². The Bertz CT molecular complexity index is 1910. The van der Waals surface area contributed by atoms with Crippen LogP contribution in [0.1, 0.15) is 56.1 Å². The van der Waals surface area contributed by atoms with Gasteiger partial charge in [-0.1, -0.05) is 47.5 Å². The minimum absolute atomic E-state index is 0.0732. The third-order valence-corrected chi connectivity index (χ3v) is 8.00. The summed E-state index contributed by atoms with van der Waals surface area (Å²) in [4.78, 5) is 54.2. The van der Waals surface area contributed by atoms with Gasteiger partial charge in [0.2, 0.25) is 0 Å². The maximum absolute atomic E-state index is 13.8. The number of hydrogen-bond donors (Lipinski definition) is 2. The molecular weight excluding hydrogens is 659 g/mol. The Labute approximate surface area is 288 Å². The van der Waals surface area contributed by atoms with Gasteiger partial charge in [0.1, 0.15) is 5.60 Å². The number of benzene rings is 3. The van der Waals surface area contributed by atoms with Crippen LogP contribution in [0, 0.1) is 0 Å². The highest BCUT2D eigenvalue weighted by Crippen LogP contribution is 2.25. The van der Waals surface area contributed by atoms with E-state index >= 15 is 0 Å². The van der Waals surface area contributed by atoms with Gasteiger partial charge in [-0.25, -0.2) is 14.2 Å². The maximum Gasteiger partial charge on any atom is 0.410 e. The normalized spacial score (nSPS) is 13.0. The lowest BCUT2D eigenvalue weighted by Gasteiger charge is -2.26. The van der Waals surface area contributed by atoms with Crippen molar-refractivity contribution in [2.45, 2.75) is 71.6 Å². The molecule has 2 N–H and O–H groups in total. The number of ether oxygens (including phenoxy) is 2. The molecule has 0 saturated heterocycles. The molecule has 2 amide bonds. The number of halogens is 2. The molecule has 11 nitrogen and oxygen atoms in total. The van der Waals surface area contributed by atoms with Crippen LogP contribution < -0.4 is 16.6 Å². The lowest BCUT2D eigenvalue weighted by atomic mass is 10.0. The molecule has 1 aromatic heterocycles. The van der Waals surface area contributed by atoms with Crippen molar-refractivity contribution in [2.24, 2.45) is 7.05 Å². The SMILES string of the molecule is CC(C)OC(O)[C@H](Cc1ccc(-n2c(=O)c3cc(CN(C)C(=O)OC(C)(C)C)ccc3n(C)c2=O)cc1)NC(=O)c1c(Cl)cccc1Cl. The van der Waals surface area contributed by atoms with Gasteiger partial charge in [0, 0.05) is 20.6 Å². The van der Waals surface area contributed by atoms with E-state index in [1.54, 1.807) is 109 Å². The van der Waals surface area contributed by atoms with Crippen LogP contribution in [0.4, 0.5) is 4.79 Å². The molecule has 48 heavy (non-hydrogen) atoms. The summed E-state index contributed by atoms with van der Waals surface area (Å²) in [5.41, 5.74) is 0.483. The van der Waals surface area contributed by atoms with Gasteiger partial charge in [-0.2, -0.15) is 0 Å². The lowest BCUT2D eigenvalue weighted by Crippen LogP contribution is -2.47. The van der Waals surface area contributed by atoms with Crippen LogP contribution in [-0.2, 0) is 29.5 Å². The first-order valence-corrected chi connectivity index (χ1v) is 16.1. The molecule has 4 rings (SSSR count). The smallest absolute Gasteiger partial charge is 0.410 e. The van der Waals surface area contributed by atoms with Crippen LogP contribution in [0.15, 0.2) is 70.3 Å². The number of hydrogen-bond acceptors (Lipinski definition) is 7. The van der Waals surface area contributed by atoms with Crippen LogP contribution in [0.5, 0.6) is 0 Å². The molecule has 0 fully saturated rings. The minimum Gasteiger partial charge on any atom is -0.444 e. The molecule has 256 valence electrons. The van der Waals surface area contributed by atoms with Crippen LogP contribution in [0.3, 0.4) is 0 Å². The largest absolute Gasteiger partial charge is 0.444 e. The third kappa shape index (κ3) is 8.65.